The molecule has 2 fully saturated rings. The second-order valence-electron chi connectivity index (χ2n) is 6.31. The number of nitrogens with zero attached hydrogens (tertiary/aromatic N) is 3. The molecule has 0 spiro atoms. The van der Waals surface area contributed by atoms with Crippen molar-refractivity contribution >= 4 is 5.82 Å². The van der Waals surface area contributed by atoms with Crippen LogP contribution in [0, 0.1) is 0 Å². The van der Waals surface area contributed by atoms with Gasteiger partial charge in [-0.15, -0.1) is 0 Å². The van der Waals surface area contributed by atoms with Crippen LogP contribution in [0.25, 0.3) is 0 Å². The molecule has 1 aliphatic heterocycles. The maximum absolute atomic E-state index is 10.5. The van der Waals surface area contributed by atoms with Gasteiger partial charge in [-0.2, -0.15) is 0 Å². The molecule has 2 aliphatic rings. The zero-order chi connectivity index (χ0) is 14.7. The third kappa shape index (κ3) is 4.36. The van der Waals surface area contributed by atoms with Gasteiger partial charge in [0.25, 0.3) is 0 Å². The fraction of sp³-hybridized carbons (Fsp3) is 0.733. The highest BCUT2D eigenvalue weighted by Crippen LogP contribution is 2.38. The normalized spacial score (nSPS) is 22.8. The summed E-state index contributed by atoms with van der Waals surface area (Å²) in [5.74, 6) is 2.27. The van der Waals surface area contributed by atoms with Crippen molar-refractivity contribution in [1.29, 1.82) is 0 Å². The molecule has 116 valence electrons. The molecule has 1 saturated heterocycles. The van der Waals surface area contributed by atoms with Crippen LogP contribution in [0.5, 0.6) is 0 Å². The quantitative estimate of drug-likeness (QED) is 0.810. The molecular formula is C15H24N4O2. The molecule has 6 nitrogen and oxygen atoms in total. The van der Waals surface area contributed by atoms with Crippen LogP contribution in [0.4, 0.5) is 5.82 Å². The number of aromatic nitrogens is 2. The number of hydrogen-bond donors (Lipinski definition) is 2. The number of rotatable bonds is 6. The Labute approximate surface area is 125 Å². The highest BCUT2D eigenvalue weighted by Gasteiger charge is 2.27. The number of nitrogens with one attached hydrogen (secondary N) is 1. The van der Waals surface area contributed by atoms with Crippen LogP contribution in [0.3, 0.4) is 0 Å². The van der Waals surface area contributed by atoms with Crippen LogP contribution in [0.1, 0.15) is 31.5 Å². The number of anilines is 1. The first-order valence-electron chi connectivity index (χ1n) is 7.72. The van der Waals surface area contributed by atoms with Crippen LogP contribution in [-0.2, 0) is 4.74 Å². The molecule has 21 heavy (non-hydrogen) atoms. The Morgan fingerprint density at radius 2 is 2.19 bits per heavy atom. The van der Waals surface area contributed by atoms with Crippen molar-refractivity contribution < 1.29 is 9.84 Å². The second-order valence-corrected chi connectivity index (χ2v) is 6.31. The van der Waals surface area contributed by atoms with Crippen molar-refractivity contribution in [2.75, 3.05) is 44.7 Å². The molecule has 1 aliphatic carbocycles. The predicted molar refractivity (Wildman–Crippen MR) is 80.4 cm³/mol. The minimum absolute atomic E-state index is 0.478. The highest BCUT2D eigenvalue weighted by atomic mass is 16.5. The van der Waals surface area contributed by atoms with Gasteiger partial charge in [0.1, 0.15) is 11.6 Å². The summed E-state index contributed by atoms with van der Waals surface area (Å²) in [6.45, 7) is 6.25. The van der Waals surface area contributed by atoms with Gasteiger partial charge in [-0.3, -0.25) is 4.90 Å². The van der Waals surface area contributed by atoms with E-state index in [4.69, 9.17) is 4.74 Å². The van der Waals surface area contributed by atoms with Gasteiger partial charge in [0.2, 0.25) is 0 Å². The molecule has 1 unspecified atom stereocenters. The van der Waals surface area contributed by atoms with E-state index in [1.807, 2.05) is 13.0 Å². The Balaban J connectivity index is 1.51. The van der Waals surface area contributed by atoms with E-state index >= 15 is 0 Å². The van der Waals surface area contributed by atoms with Crippen molar-refractivity contribution in [3.63, 3.8) is 0 Å². The summed E-state index contributed by atoms with van der Waals surface area (Å²) >= 11 is 0. The molecule has 1 atom stereocenters. The number of aliphatic hydroxyl groups is 1. The molecule has 2 N–H and O–H groups in total. The predicted octanol–water partition coefficient (Wildman–Crippen LogP) is 0.849. The van der Waals surface area contributed by atoms with Gasteiger partial charge in [-0.05, 0) is 25.8 Å². The lowest BCUT2D eigenvalue weighted by Crippen LogP contribution is -2.49. The first-order chi connectivity index (χ1) is 10.1. The second kappa shape index (κ2) is 6.25. The third-order valence-corrected chi connectivity index (χ3v) is 3.93. The Kier molecular flexibility index (Phi) is 4.37. The summed E-state index contributed by atoms with van der Waals surface area (Å²) in [5.41, 5.74) is -0.790. The van der Waals surface area contributed by atoms with Crippen molar-refractivity contribution in [3.8, 4) is 0 Å². The summed E-state index contributed by atoms with van der Waals surface area (Å²) in [5, 5.41) is 13.8. The smallest absolute Gasteiger partial charge is 0.133 e. The van der Waals surface area contributed by atoms with Crippen LogP contribution >= 0.6 is 0 Å². The van der Waals surface area contributed by atoms with Crippen LogP contribution in [-0.4, -0.2) is 65.0 Å². The van der Waals surface area contributed by atoms with Crippen LogP contribution < -0.4 is 5.32 Å². The van der Waals surface area contributed by atoms with Crippen molar-refractivity contribution in [2.24, 2.45) is 0 Å². The first kappa shape index (κ1) is 14.7. The molecular weight excluding hydrogens is 268 g/mol. The number of morpholine rings is 1. The molecule has 0 amide bonds. The fourth-order valence-electron chi connectivity index (χ4n) is 2.59. The largest absolute Gasteiger partial charge is 0.387 e. The zero-order valence-electron chi connectivity index (χ0n) is 12.6. The van der Waals surface area contributed by atoms with Crippen molar-refractivity contribution in [1.82, 2.24) is 14.9 Å². The van der Waals surface area contributed by atoms with E-state index in [9.17, 15) is 5.11 Å². The number of hydrogen-bond acceptors (Lipinski definition) is 6. The minimum atomic E-state index is -0.790. The lowest BCUT2D eigenvalue weighted by atomic mass is 10.1. The van der Waals surface area contributed by atoms with Gasteiger partial charge in [0, 0.05) is 38.3 Å². The van der Waals surface area contributed by atoms with Gasteiger partial charge in [-0.1, -0.05) is 0 Å². The van der Waals surface area contributed by atoms with Gasteiger partial charge in [-0.25, -0.2) is 9.97 Å². The van der Waals surface area contributed by atoms with Crippen molar-refractivity contribution in [2.45, 2.75) is 31.3 Å². The summed E-state index contributed by atoms with van der Waals surface area (Å²) in [6, 6.07) is 1.86. The SMILES string of the molecule is CC(O)(CNc1ccnc(C2CC2)n1)CN1CCOCC1. The summed E-state index contributed by atoms with van der Waals surface area (Å²) in [6.07, 6.45) is 4.18. The standard InChI is InChI=1S/C15H24N4O2/c1-15(20,11-19-6-8-21-9-7-19)10-17-13-4-5-16-14(18-13)12-2-3-12/h4-5,12,20H,2-3,6-11H2,1H3,(H,16,17,18). The van der Waals surface area contributed by atoms with E-state index in [1.54, 1.807) is 6.20 Å². The van der Waals surface area contributed by atoms with Gasteiger partial charge in [0.15, 0.2) is 0 Å². The molecule has 3 rings (SSSR count). The van der Waals surface area contributed by atoms with Crippen LogP contribution in [0.15, 0.2) is 12.3 Å². The zero-order valence-corrected chi connectivity index (χ0v) is 12.6. The molecule has 2 heterocycles. The van der Waals surface area contributed by atoms with Crippen molar-refractivity contribution in [3.05, 3.63) is 18.1 Å². The summed E-state index contributed by atoms with van der Waals surface area (Å²) in [7, 11) is 0. The Bertz CT molecular complexity index is 470. The Morgan fingerprint density at radius 3 is 2.90 bits per heavy atom. The fourth-order valence-corrected chi connectivity index (χ4v) is 2.59. The average molecular weight is 292 g/mol. The van der Waals surface area contributed by atoms with Gasteiger partial charge >= 0.3 is 0 Å². The Hall–Kier alpha value is -1.24. The molecule has 0 aromatic carbocycles. The lowest BCUT2D eigenvalue weighted by Gasteiger charge is -2.34. The van der Waals surface area contributed by atoms with Crippen LogP contribution in [0.2, 0.25) is 0 Å². The summed E-state index contributed by atoms with van der Waals surface area (Å²) < 4.78 is 5.33. The maximum Gasteiger partial charge on any atom is 0.133 e. The summed E-state index contributed by atoms with van der Waals surface area (Å²) in [4.78, 5) is 11.1. The van der Waals surface area contributed by atoms with E-state index in [1.165, 1.54) is 12.8 Å². The maximum atomic E-state index is 10.5. The molecule has 0 bridgehead atoms. The molecule has 1 aromatic heterocycles. The van der Waals surface area contributed by atoms with E-state index in [0.717, 1.165) is 37.9 Å². The number of β-amino-alcohol motifs (C(OH)–C–C–N with tert-alkyl or cyclic N) is 1. The van der Waals surface area contributed by atoms with E-state index < -0.39 is 5.60 Å². The highest BCUT2D eigenvalue weighted by molar-refractivity contribution is 5.34. The monoisotopic (exact) mass is 292 g/mol. The molecule has 6 heteroatoms. The van der Waals surface area contributed by atoms with E-state index in [-0.39, 0.29) is 0 Å². The minimum Gasteiger partial charge on any atom is -0.387 e. The molecule has 1 saturated carbocycles. The van der Waals surface area contributed by atoms with E-state index in [0.29, 0.717) is 19.0 Å². The number of ether oxygens (including phenoxy) is 1. The third-order valence-electron chi connectivity index (χ3n) is 3.93. The topological polar surface area (TPSA) is 70.5 Å². The average Bonchev–Trinajstić information content (AvgIpc) is 3.31. The molecule has 1 aromatic rings. The van der Waals surface area contributed by atoms with E-state index in [2.05, 4.69) is 20.2 Å². The van der Waals surface area contributed by atoms with Gasteiger partial charge < -0.3 is 15.2 Å². The lowest BCUT2D eigenvalue weighted by molar-refractivity contribution is -0.0164. The Morgan fingerprint density at radius 1 is 1.43 bits per heavy atom. The first-order valence-corrected chi connectivity index (χ1v) is 7.72. The van der Waals surface area contributed by atoms with Gasteiger partial charge in [0.05, 0.1) is 18.8 Å². The molecule has 0 radical (unpaired) electrons.